The van der Waals surface area contributed by atoms with Crippen molar-refractivity contribution in [2.75, 3.05) is 0 Å². The van der Waals surface area contributed by atoms with Crippen LogP contribution in [0.25, 0.3) is 0 Å². The van der Waals surface area contributed by atoms with Crippen molar-refractivity contribution < 1.29 is 15.3 Å². The van der Waals surface area contributed by atoms with Gasteiger partial charge in [-0.1, -0.05) is 13.3 Å². The Morgan fingerprint density at radius 1 is 1.18 bits per heavy atom. The van der Waals surface area contributed by atoms with E-state index in [9.17, 15) is 15.3 Å². The molecule has 0 radical (unpaired) electrons. The molecule has 3 nitrogen and oxygen atoms in total. The van der Waals surface area contributed by atoms with Gasteiger partial charge in [0.2, 0.25) is 0 Å². The SMILES string of the molecule is CC(C)(O)[C@@H]1CC[C@@]2(C)CCCC(O)C2(O)C1. The van der Waals surface area contributed by atoms with Gasteiger partial charge < -0.3 is 15.3 Å². The third-order valence-corrected chi connectivity index (χ3v) is 5.40. The fourth-order valence-electron chi connectivity index (χ4n) is 3.84. The van der Waals surface area contributed by atoms with Crippen molar-refractivity contribution in [2.24, 2.45) is 11.3 Å². The van der Waals surface area contributed by atoms with E-state index in [1.54, 1.807) is 13.8 Å². The van der Waals surface area contributed by atoms with Crippen LogP contribution in [0.1, 0.15) is 59.3 Å². The minimum atomic E-state index is -1.01. The van der Waals surface area contributed by atoms with Crippen molar-refractivity contribution in [3.05, 3.63) is 0 Å². The van der Waals surface area contributed by atoms with Gasteiger partial charge in [0.05, 0.1) is 17.3 Å². The highest BCUT2D eigenvalue weighted by atomic mass is 16.3. The lowest BCUT2D eigenvalue weighted by atomic mass is 9.53. The first-order valence-corrected chi connectivity index (χ1v) is 6.82. The molecule has 0 aliphatic heterocycles. The van der Waals surface area contributed by atoms with Gasteiger partial charge in [-0.15, -0.1) is 0 Å². The van der Waals surface area contributed by atoms with Crippen LogP contribution in [0, 0.1) is 11.3 Å². The van der Waals surface area contributed by atoms with Crippen LogP contribution in [0.4, 0.5) is 0 Å². The summed E-state index contributed by atoms with van der Waals surface area (Å²) in [4.78, 5) is 0. The predicted molar refractivity (Wildman–Crippen MR) is 66.6 cm³/mol. The van der Waals surface area contributed by atoms with E-state index < -0.39 is 17.3 Å². The van der Waals surface area contributed by atoms with Gasteiger partial charge in [-0.2, -0.15) is 0 Å². The van der Waals surface area contributed by atoms with Crippen LogP contribution in [-0.4, -0.2) is 32.6 Å². The van der Waals surface area contributed by atoms with E-state index in [0.717, 1.165) is 25.7 Å². The number of rotatable bonds is 1. The normalized spacial score (nSPS) is 47.6. The van der Waals surface area contributed by atoms with Gasteiger partial charge in [0.1, 0.15) is 0 Å². The van der Waals surface area contributed by atoms with E-state index in [1.807, 2.05) is 0 Å². The van der Waals surface area contributed by atoms with Crippen molar-refractivity contribution in [3.63, 3.8) is 0 Å². The van der Waals surface area contributed by atoms with Crippen molar-refractivity contribution in [1.82, 2.24) is 0 Å². The second kappa shape index (κ2) is 3.94. The summed E-state index contributed by atoms with van der Waals surface area (Å²) in [5.41, 5.74) is -1.95. The highest BCUT2D eigenvalue weighted by Crippen LogP contribution is 2.55. The van der Waals surface area contributed by atoms with Crippen molar-refractivity contribution >= 4 is 0 Å². The molecule has 0 bridgehead atoms. The molecule has 3 heteroatoms. The molecular weight excluding hydrogens is 216 g/mol. The minimum Gasteiger partial charge on any atom is -0.390 e. The molecule has 0 heterocycles. The molecule has 0 aromatic carbocycles. The zero-order valence-electron chi connectivity index (χ0n) is 11.2. The standard InChI is InChI=1S/C14H26O3/c1-12(2,16)10-6-8-13(3)7-4-5-11(15)14(13,17)9-10/h10-11,15-17H,4-9H2,1-3H3/t10-,11?,13-,14?/m1/s1. The molecule has 0 aromatic heterocycles. The Bertz CT molecular complexity index is 296. The first-order valence-electron chi connectivity index (χ1n) is 6.82. The summed E-state index contributed by atoms with van der Waals surface area (Å²) in [5.74, 6) is 0.0772. The van der Waals surface area contributed by atoms with E-state index in [0.29, 0.717) is 12.8 Å². The first kappa shape index (κ1) is 13.3. The Labute approximate surface area is 104 Å². The summed E-state index contributed by atoms with van der Waals surface area (Å²) in [6.45, 7) is 5.70. The van der Waals surface area contributed by atoms with Gasteiger partial charge in [-0.25, -0.2) is 0 Å². The first-order chi connectivity index (χ1) is 7.69. The molecule has 2 unspecified atom stereocenters. The molecule has 17 heavy (non-hydrogen) atoms. The van der Waals surface area contributed by atoms with E-state index in [-0.39, 0.29) is 11.3 Å². The van der Waals surface area contributed by atoms with Crippen LogP contribution in [-0.2, 0) is 0 Å². The molecule has 4 atom stereocenters. The van der Waals surface area contributed by atoms with E-state index in [2.05, 4.69) is 6.92 Å². The Balaban J connectivity index is 2.25. The maximum absolute atomic E-state index is 10.9. The van der Waals surface area contributed by atoms with Crippen LogP contribution in [0.5, 0.6) is 0 Å². The Hall–Kier alpha value is -0.120. The lowest BCUT2D eigenvalue weighted by Gasteiger charge is -2.57. The zero-order chi connectivity index (χ0) is 12.9. The predicted octanol–water partition coefficient (Wildman–Crippen LogP) is 1.84. The Morgan fingerprint density at radius 3 is 2.41 bits per heavy atom. The Morgan fingerprint density at radius 2 is 1.82 bits per heavy atom. The average molecular weight is 242 g/mol. The summed E-state index contributed by atoms with van der Waals surface area (Å²) < 4.78 is 0. The Kier molecular flexibility index (Phi) is 3.08. The lowest BCUT2D eigenvalue weighted by Crippen LogP contribution is -2.62. The largest absolute Gasteiger partial charge is 0.390 e. The van der Waals surface area contributed by atoms with Crippen LogP contribution in [0.15, 0.2) is 0 Å². The highest BCUT2D eigenvalue weighted by molar-refractivity contribution is 5.09. The van der Waals surface area contributed by atoms with Gasteiger partial charge in [-0.3, -0.25) is 0 Å². The number of hydrogen-bond acceptors (Lipinski definition) is 3. The second-order valence-corrected chi connectivity index (χ2v) is 6.99. The lowest BCUT2D eigenvalue weighted by molar-refractivity contribution is -0.219. The number of fused-ring (bicyclic) bond motifs is 1. The molecule has 2 rings (SSSR count). The van der Waals surface area contributed by atoms with Crippen LogP contribution < -0.4 is 0 Å². The van der Waals surface area contributed by atoms with Crippen LogP contribution in [0.2, 0.25) is 0 Å². The summed E-state index contributed by atoms with van der Waals surface area (Å²) in [5, 5.41) is 31.2. The zero-order valence-corrected chi connectivity index (χ0v) is 11.2. The molecule has 2 aliphatic carbocycles. The molecule has 2 saturated carbocycles. The van der Waals surface area contributed by atoms with Gasteiger partial charge in [0, 0.05) is 0 Å². The molecule has 2 fully saturated rings. The summed E-state index contributed by atoms with van der Waals surface area (Å²) in [6, 6.07) is 0. The molecular formula is C14H26O3. The molecule has 2 aliphatic rings. The van der Waals surface area contributed by atoms with Crippen molar-refractivity contribution in [2.45, 2.75) is 76.6 Å². The molecule has 0 amide bonds. The molecule has 0 aromatic rings. The second-order valence-electron chi connectivity index (χ2n) is 6.99. The third-order valence-electron chi connectivity index (χ3n) is 5.40. The van der Waals surface area contributed by atoms with Gasteiger partial charge in [0.25, 0.3) is 0 Å². The number of hydrogen-bond donors (Lipinski definition) is 3. The maximum Gasteiger partial charge on any atom is 0.0962 e. The summed E-state index contributed by atoms with van der Waals surface area (Å²) in [6.07, 6.45) is 4.39. The maximum atomic E-state index is 10.9. The molecule has 0 saturated heterocycles. The fraction of sp³-hybridized carbons (Fsp3) is 1.00. The van der Waals surface area contributed by atoms with Crippen LogP contribution in [0.3, 0.4) is 0 Å². The molecule has 100 valence electrons. The van der Waals surface area contributed by atoms with Crippen molar-refractivity contribution in [3.8, 4) is 0 Å². The number of aliphatic hydroxyl groups is 3. The third kappa shape index (κ3) is 2.02. The average Bonchev–Trinajstić information content (AvgIpc) is 2.19. The van der Waals surface area contributed by atoms with Gasteiger partial charge in [0.15, 0.2) is 0 Å². The number of aliphatic hydroxyl groups excluding tert-OH is 1. The van der Waals surface area contributed by atoms with Gasteiger partial charge >= 0.3 is 0 Å². The van der Waals surface area contributed by atoms with Crippen LogP contribution >= 0.6 is 0 Å². The monoisotopic (exact) mass is 242 g/mol. The van der Waals surface area contributed by atoms with E-state index >= 15 is 0 Å². The molecule has 3 N–H and O–H groups in total. The molecule has 0 spiro atoms. The summed E-state index contributed by atoms with van der Waals surface area (Å²) >= 11 is 0. The van der Waals surface area contributed by atoms with Gasteiger partial charge in [-0.05, 0) is 57.3 Å². The smallest absolute Gasteiger partial charge is 0.0962 e. The van der Waals surface area contributed by atoms with E-state index in [4.69, 9.17) is 0 Å². The quantitative estimate of drug-likeness (QED) is 0.657. The summed E-state index contributed by atoms with van der Waals surface area (Å²) in [7, 11) is 0. The minimum absolute atomic E-state index is 0.0772. The topological polar surface area (TPSA) is 60.7 Å². The van der Waals surface area contributed by atoms with E-state index in [1.165, 1.54) is 0 Å². The highest BCUT2D eigenvalue weighted by Gasteiger charge is 2.57. The fourth-order valence-corrected chi connectivity index (χ4v) is 3.84. The van der Waals surface area contributed by atoms with Crippen molar-refractivity contribution in [1.29, 1.82) is 0 Å².